The number of benzene rings is 3. The van der Waals surface area contributed by atoms with Gasteiger partial charge in [0.1, 0.15) is 23.0 Å². The van der Waals surface area contributed by atoms with Crippen LogP contribution in [0, 0.1) is 17.5 Å². The van der Waals surface area contributed by atoms with Gasteiger partial charge in [-0.05, 0) is 54.0 Å². The molecule has 0 unspecified atom stereocenters. The first-order valence-electron chi connectivity index (χ1n) is 11.4. The number of hydrogen-bond acceptors (Lipinski definition) is 3. The fourth-order valence-electron chi connectivity index (χ4n) is 3.86. The van der Waals surface area contributed by atoms with Crippen LogP contribution in [0.2, 0.25) is 0 Å². The Kier molecular flexibility index (Phi) is 7.47. The summed E-state index contributed by atoms with van der Waals surface area (Å²) >= 11 is 0. The van der Waals surface area contributed by atoms with E-state index in [0.29, 0.717) is 46.6 Å². The molecule has 0 bridgehead atoms. The predicted molar refractivity (Wildman–Crippen MR) is 124 cm³/mol. The molecular weight excluding hydrogens is 482 g/mol. The van der Waals surface area contributed by atoms with Crippen LogP contribution in [0.1, 0.15) is 36.5 Å². The van der Waals surface area contributed by atoms with Gasteiger partial charge in [0.15, 0.2) is 11.6 Å². The standard InChI is InChI=1S/C27H22F6N2O/c1-2-3-10-36-20-14-34-26(35-15-20)19-8-9-21-18(13-19)7-6-17(25(21)30)5-4-16-11-22(28)24(23(29)12-16)27(31,32)33/h6-9,11-15H,2-5,10H2,1H3. The number of unbranched alkanes of at least 4 members (excludes halogenated alkanes) is 1. The number of rotatable bonds is 8. The number of aromatic nitrogens is 2. The molecule has 3 nitrogen and oxygen atoms in total. The van der Waals surface area contributed by atoms with Gasteiger partial charge in [-0.25, -0.2) is 23.1 Å². The van der Waals surface area contributed by atoms with Crippen molar-refractivity contribution in [3.8, 4) is 17.1 Å². The van der Waals surface area contributed by atoms with Crippen LogP contribution in [0.4, 0.5) is 26.3 Å². The average Bonchev–Trinajstić information content (AvgIpc) is 2.83. The van der Waals surface area contributed by atoms with Gasteiger partial charge in [-0.3, -0.25) is 0 Å². The van der Waals surface area contributed by atoms with E-state index in [4.69, 9.17) is 4.74 Å². The highest BCUT2D eigenvalue weighted by Crippen LogP contribution is 2.34. The van der Waals surface area contributed by atoms with E-state index in [1.165, 1.54) is 0 Å². The van der Waals surface area contributed by atoms with Crippen molar-refractivity contribution >= 4 is 10.8 Å². The van der Waals surface area contributed by atoms with E-state index in [0.717, 1.165) is 12.8 Å². The highest BCUT2D eigenvalue weighted by molar-refractivity contribution is 5.87. The van der Waals surface area contributed by atoms with Crippen LogP contribution in [0.3, 0.4) is 0 Å². The summed E-state index contributed by atoms with van der Waals surface area (Å²) in [4.78, 5) is 8.62. The second-order valence-electron chi connectivity index (χ2n) is 8.35. The maximum Gasteiger partial charge on any atom is 0.422 e. The number of halogens is 6. The molecule has 0 saturated carbocycles. The van der Waals surface area contributed by atoms with E-state index < -0.39 is 29.2 Å². The lowest BCUT2D eigenvalue weighted by atomic mass is 9.98. The maximum atomic E-state index is 15.1. The third-order valence-corrected chi connectivity index (χ3v) is 5.76. The lowest BCUT2D eigenvalue weighted by Gasteiger charge is -2.12. The fourth-order valence-corrected chi connectivity index (χ4v) is 3.86. The van der Waals surface area contributed by atoms with Crippen molar-refractivity contribution in [1.29, 1.82) is 0 Å². The normalized spacial score (nSPS) is 11.8. The second kappa shape index (κ2) is 10.6. The Bertz CT molecular complexity index is 1350. The minimum Gasteiger partial charge on any atom is -0.490 e. The van der Waals surface area contributed by atoms with Crippen molar-refractivity contribution in [1.82, 2.24) is 9.97 Å². The van der Waals surface area contributed by atoms with Crippen LogP contribution in [0.5, 0.6) is 5.75 Å². The molecule has 0 aliphatic rings. The summed E-state index contributed by atoms with van der Waals surface area (Å²) < 4.78 is 86.7. The summed E-state index contributed by atoms with van der Waals surface area (Å²) in [5.41, 5.74) is -0.958. The zero-order valence-electron chi connectivity index (χ0n) is 19.3. The number of aryl methyl sites for hydroxylation is 2. The molecule has 3 aromatic carbocycles. The smallest absolute Gasteiger partial charge is 0.422 e. The average molecular weight is 504 g/mol. The lowest BCUT2D eigenvalue weighted by Crippen LogP contribution is -2.12. The molecule has 0 radical (unpaired) electrons. The van der Waals surface area contributed by atoms with Crippen LogP contribution in [0.15, 0.2) is 54.9 Å². The predicted octanol–water partition coefficient (Wildman–Crippen LogP) is 7.70. The Morgan fingerprint density at radius 2 is 1.56 bits per heavy atom. The SMILES string of the molecule is CCCCOc1cnc(-c2ccc3c(F)c(CCc4cc(F)c(C(F)(F)F)c(F)c4)ccc3c2)nc1. The van der Waals surface area contributed by atoms with Crippen LogP contribution >= 0.6 is 0 Å². The maximum absolute atomic E-state index is 15.1. The summed E-state index contributed by atoms with van der Waals surface area (Å²) in [6.45, 7) is 2.65. The van der Waals surface area contributed by atoms with Gasteiger partial charge in [0.05, 0.1) is 19.0 Å². The summed E-state index contributed by atoms with van der Waals surface area (Å²) in [5.74, 6) is -2.86. The van der Waals surface area contributed by atoms with Gasteiger partial charge in [-0.1, -0.05) is 37.6 Å². The minimum atomic E-state index is -5.13. The molecule has 0 aliphatic carbocycles. The molecule has 0 N–H and O–H groups in total. The first-order chi connectivity index (χ1) is 17.2. The molecular formula is C27H22F6N2O. The summed E-state index contributed by atoms with van der Waals surface area (Å²) in [6.07, 6.45) is -0.00893. The summed E-state index contributed by atoms with van der Waals surface area (Å²) in [7, 11) is 0. The molecule has 36 heavy (non-hydrogen) atoms. The van der Waals surface area contributed by atoms with E-state index in [1.54, 1.807) is 42.7 Å². The summed E-state index contributed by atoms with van der Waals surface area (Å²) in [5, 5.41) is 0.938. The third kappa shape index (κ3) is 5.61. The number of hydrogen-bond donors (Lipinski definition) is 0. The number of nitrogens with zero attached hydrogens (tertiary/aromatic N) is 2. The van der Waals surface area contributed by atoms with Gasteiger partial charge < -0.3 is 4.74 Å². The molecule has 1 aromatic heterocycles. The molecule has 1 heterocycles. The van der Waals surface area contributed by atoms with E-state index in [1.807, 2.05) is 0 Å². The lowest BCUT2D eigenvalue weighted by molar-refractivity contribution is -0.142. The summed E-state index contributed by atoms with van der Waals surface area (Å²) in [6, 6.07) is 9.54. The largest absolute Gasteiger partial charge is 0.490 e. The Labute approximate surface area is 203 Å². The molecule has 0 fully saturated rings. The molecule has 4 aromatic rings. The van der Waals surface area contributed by atoms with E-state index in [9.17, 15) is 22.0 Å². The van der Waals surface area contributed by atoms with Gasteiger partial charge in [-0.2, -0.15) is 13.2 Å². The fraction of sp³-hybridized carbons (Fsp3) is 0.259. The van der Waals surface area contributed by atoms with Gasteiger partial charge in [-0.15, -0.1) is 0 Å². The number of ether oxygens (including phenoxy) is 1. The van der Waals surface area contributed by atoms with Crippen molar-refractivity contribution in [3.05, 3.63) is 89.0 Å². The zero-order valence-corrected chi connectivity index (χ0v) is 19.3. The second-order valence-corrected chi connectivity index (χ2v) is 8.35. The third-order valence-electron chi connectivity index (χ3n) is 5.76. The highest BCUT2D eigenvalue weighted by atomic mass is 19.4. The van der Waals surface area contributed by atoms with Crippen LogP contribution in [-0.4, -0.2) is 16.6 Å². The molecule has 0 saturated heterocycles. The van der Waals surface area contributed by atoms with Crippen LogP contribution in [-0.2, 0) is 19.0 Å². The van der Waals surface area contributed by atoms with Gasteiger partial charge in [0.2, 0.25) is 0 Å². The molecule has 0 spiro atoms. The number of alkyl halides is 3. The molecule has 0 aliphatic heterocycles. The van der Waals surface area contributed by atoms with Crippen molar-refractivity contribution < 1.29 is 31.1 Å². The zero-order chi connectivity index (χ0) is 25.9. The van der Waals surface area contributed by atoms with E-state index >= 15 is 4.39 Å². The minimum absolute atomic E-state index is 0.00659. The monoisotopic (exact) mass is 504 g/mol. The Balaban J connectivity index is 1.51. The Morgan fingerprint density at radius 1 is 0.861 bits per heavy atom. The quantitative estimate of drug-likeness (QED) is 0.182. The molecule has 9 heteroatoms. The molecule has 0 atom stereocenters. The van der Waals surface area contributed by atoms with Crippen molar-refractivity contribution in [2.45, 2.75) is 38.8 Å². The van der Waals surface area contributed by atoms with Crippen LogP contribution < -0.4 is 4.74 Å². The first kappa shape index (κ1) is 25.5. The molecule has 188 valence electrons. The molecule has 4 rings (SSSR count). The van der Waals surface area contributed by atoms with Crippen molar-refractivity contribution in [3.63, 3.8) is 0 Å². The van der Waals surface area contributed by atoms with Crippen molar-refractivity contribution in [2.75, 3.05) is 6.61 Å². The Morgan fingerprint density at radius 3 is 2.19 bits per heavy atom. The number of fused-ring (bicyclic) bond motifs is 1. The van der Waals surface area contributed by atoms with Crippen molar-refractivity contribution in [2.24, 2.45) is 0 Å². The van der Waals surface area contributed by atoms with E-state index in [2.05, 4.69) is 16.9 Å². The highest BCUT2D eigenvalue weighted by Gasteiger charge is 2.37. The first-order valence-corrected chi connectivity index (χ1v) is 11.4. The topological polar surface area (TPSA) is 35.0 Å². The van der Waals surface area contributed by atoms with E-state index in [-0.39, 0.29) is 24.0 Å². The van der Waals surface area contributed by atoms with Gasteiger partial charge in [0.25, 0.3) is 0 Å². The molecule has 0 amide bonds. The van der Waals surface area contributed by atoms with Crippen LogP contribution in [0.25, 0.3) is 22.2 Å². The Hall–Kier alpha value is -3.62. The van der Waals surface area contributed by atoms with Gasteiger partial charge in [0, 0.05) is 10.9 Å². The van der Waals surface area contributed by atoms with Gasteiger partial charge >= 0.3 is 6.18 Å².